The number of nitrogens with one attached hydrogen (secondary N) is 2. The van der Waals surface area contributed by atoms with Gasteiger partial charge in [0.1, 0.15) is 12.0 Å². The summed E-state index contributed by atoms with van der Waals surface area (Å²) in [5.41, 5.74) is 3.60. The summed E-state index contributed by atoms with van der Waals surface area (Å²) in [6, 6.07) is 2.18. The number of furan rings is 1. The molecular weight excluding hydrogens is 400 g/mol. The maximum absolute atomic E-state index is 12.5. The quantitative estimate of drug-likeness (QED) is 0.712. The van der Waals surface area contributed by atoms with Gasteiger partial charge in [0.05, 0.1) is 24.5 Å². The fourth-order valence-corrected chi connectivity index (χ4v) is 4.47. The van der Waals surface area contributed by atoms with Gasteiger partial charge >= 0.3 is 12.0 Å². The monoisotopic (exact) mass is 420 g/mol. The van der Waals surface area contributed by atoms with E-state index in [0.29, 0.717) is 18.0 Å². The molecule has 2 aromatic rings. The number of carbonyl (C=O) groups is 2. The van der Waals surface area contributed by atoms with Crippen LogP contribution in [0.1, 0.15) is 40.4 Å². The Labute approximate surface area is 167 Å². The second-order valence-corrected chi connectivity index (χ2v) is 8.38. The summed E-state index contributed by atoms with van der Waals surface area (Å²) in [5.74, 6) is -0.115. The predicted molar refractivity (Wildman–Crippen MR) is 102 cm³/mol. The van der Waals surface area contributed by atoms with E-state index < -0.39 is 27.1 Å². The van der Waals surface area contributed by atoms with Gasteiger partial charge in [-0.15, -0.1) is 0 Å². The summed E-state index contributed by atoms with van der Waals surface area (Å²) in [7, 11) is -4.31. The van der Waals surface area contributed by atoms with E-state index in [9.17, 15) is 18.0 Å². The van der Waals surface area contributed by atoms with Gasteiger partial charge in [0.2, 0.25) is 5.09 Å². The molecule has 0 radical (unpaired) electrons. The van der Waals surface area contributed by atoms with Gasteiger partial charge in [-0.3, -0.25) is 0 Å². The van der Waals surface area contributed by atoms with Crippen molar-refractivity contribution in [2.45, 2.75) is 37.7 Å². The smallest absolute Gasteiger partial charge is 0.341 e. The van der Waals surface area contributed by atoms with E-state index in [4.69, 9.17) is 13.9 Å². The Hall–Kier alpha value is -3.01. The van der Waals surface area contributed by atoms with Crippen LogP contribution in [-0.4, -0.2) is 33.6 Å². The van der Waals surface area contributed by atoms with Gasteiger partial charge in [0, 0.05) is 12.5 Å². The Morgan fingerprint density at radius 1 is 1.17 bits per heavy atom. The summed E-state index contributed by atoms with van der Waals surface area (Å²) in [6.45, 7) is 2.29. The zero-order valence-electron chi connectivity index (χ0n) is 15.7. The minimum absolute atomic E-state index is 0.0558. The molecule has 0 spiro atoms. The fourth-order valence-electron chi connectivity index (χ4n) is 3.62. The summed E-state index contributed by atoms with van der Waals surface area (Å²) < 4.78 is 42.2. The second-order valence-electron chi connectivity index (χ2n) is 6.76. The number of fused-ring (bicyclic) bond motifs is 2. The van der Waals surface area contributed by atoms with Crippen molar-refractivity contribution in [1.82, 2.24) is 4.72 Å². The number of anilines is 1. The van der Waals surface area contributed by atoms with Gasteiger partial charge in [0.15, 0.2) is 0 Å². The lowest BCUT2D eigenvalue weighted by Gasteiger charge is -2.15. The van der Waals surface area contributed by atoms with E-state index in [1.807, 2.05) is 4.72 Å². The molecule has 154 valence electrons. The molecule has 2 amide bonds. The largest absolute Gasteiger partial charge is 0.491 e. The third-order valence-corrected chi connectivity index (χ3v) is 6.06. The van der Waals surface area contributed by atoms with Crippen molar-refractivity contribution in [1.29, 1.82) is 0 Å². The van der Waals surface area contributed by atoms with E-state index >= 15 is 0 Å². The lowest BCUT2D eigenvalue weighted by atomic mass is 10.0. The fraction of sp³-hybridized carbons (Fsp3) is 0.368. The zero-order chi connectivity index (χ0) is 20.6. The van der Waals surface area contributed by atoms with Crippen LogP contribution >= 0.6 is 0 Å². The Morgan fingerprint density at radius 3 is 2.79 bits per heavy atom. The molecule has 4 rings (SSSR count). The number of aryl methyl sites for hydroxylation is 1. The minimum atomic E-state index is -4.31. The summed E-state index contributed by atoms with van der Waals surface area (Å²) in [4.78, 5) is 24.1. The zero-order valence-corrected chi connectivity index (χ0v) is 16.6. The van der Waals surface area contributed by atoms with Crippen molar-refractivity contribution in [3.8, 4) is 5.75 Å². The summed E-state index contributed by atoms with van der Waals surface area (Å²) in [6.07, 6.45) is 4.39. The average molecular weight is 420 g/mol. The highest BCUT2D eigenvalue weighted by Crippen LogP contribution is 2.42. The molecule has 2 heterocycles. The van der Waals surface area contributed by atoms with Crippen LogP contribution in [0.25, 0.3) is 0 Å². The Bertz CT molecular complexity index is 1060. The average Bonchev–Trinajstić information content (AvgIpc) is 3.41. The number of sulfonamides is 1. The third-order valence-electron chi connectivity index (χ3n) is 4.86. The van der Waals surface area contributed by atoms with Crippen LogP contribution in [0, 0.1) is 0 Å². The van der Waals surface area contributed by atoms with Crippen molar-refractivity contribution in [2.24, 2.45) is 0 Å². The first-order valence-electron chi connectivity index (χ1n) is 9.29. The molecule has 1 aromatic carbocycles. The van der Waals surface area contributed by atoms with Gasteiger partial charge in [-0.1, -0.05) is 6.07 Å². The molecule has 0 bridgehead atoms. The van der Waals surface area contributed by atoms with Crippen LogP contribution in [-0.2, 0) is 34.0 Å². The van der Waals surface area contributed by atoms with E-state index in [2.05, 4.69) is 11.4 Å². The molecule has 1 aliphatic heterocycles. The molecule has 0 atom stereocenters. The van der Waals surface area contributed by atoms with Crippen LogP contribution in [0.15, 0.2) is 27.9 Å². The van der Waals surface area contributed by atoms with Crippen molar-refractivity contribution in [3.63, 3.8) is 0 Å². The Kier molecular flexibility index (Phi) is 4.95. The number of hydrogen-bond donors (Lipinski definition) is 2. The maximum Gasteiger partial charge on any atom is 0.341 e. The predicted octanol–water partition coefficient (Wildman–Crippen LogP) is 2.39. The lowest BCUT2D eigenvalue weighted by molar-refractivity contribution is 0.0525. The number of carbonyl (C=O) groups excluding carboxylic acids is 2. The van der Waals surface area contributed by atoms with E-state index in [1.165, 1.54) is 0 Å². The van der Waals surface area contributed by atoms with Crippen molar-refractivity contribution >= 4 is 27.7 Å². The van der Waals surface area contributed by atoms with Gasteiger partial charge in [-0.05, 0) is 42.9 Å². The molecular formula is C19H20N2O7S. The molecule has 1 aliphatic carbocycles. The Morgan fingerprint density at radius 2 is 2.00 bits per heavy atom. The van der Waals surface area contributed by atoms with Crippen molar-refractivity contribution in [2.75, 3.05) is 18.5 Å². The van der Waals surface area contributed by atoms with E-state index in [-0.39, 0.29) is 12.2 Å². The lowest BCUT2D eigenvalue weighted by Crippen LogP contribution is -2.34. The molecule has 2 aliphatic rings. The number of benzene rings is 1. The number of esters is 1. The molecule has 0 saturated heterocycles. The van der Waals surface area contributed by atoms with Crippen LogP contribution in [0.5, 0.6) is 5.75 Å². The number of urea groups is 1. The number of hydrogen-bond acceptors (Lipinski definition) is 7. The SMILES string of the molecule is CCOC(=O)c1coc(S(=O)(=O)NC(=O)Nc2c3c(cc4c2OCC4)CCC3)c1. The highest BCUT2D eigenvalue weighted by molar-refractivity contribution is 7.89. The normalized spacial score (nSPS) is 14.7. The van der Waals surface area contributed by atoms with E-state index in [1.54, 1.807) is 6.92 Å². The third kappa shape index (κ3) is 3.67. The van der Waals surface area contributed by atoms with Crippen molar-refractivity contribution in [3.05, 3.63) is 40.6 Å². The molecule has 29 heavy (non-hydrogen) atoms. The number of ether oxygens (including phenoxy) is 2. The highest BCUT2D eigenvalue weighted by atomic mass is 32.2. The molecule has 0 saturated carbocycles. The topological polar surface area (TPSA) is 124 Å². The second kappa shape index (κ2) is 7.43. The first-order chi connectivity index (χ1) is 13.9. The summed E-state index contributed by atoms with van der Waals surface area (Å²) in [5, 5.41) is 2.07. The van der Waals surface area contributed by atoms with Crippen LogP contribution < -0.4 is 14.8 Å². The number of amides is 2. The molecule has 10 heteroatoms. The molecule has 1 aromatic heterocycles. The Balaban J connectivity index is 1.53. The first-order valence-corrected chi connectivity index (χ1v) is 10.8. The minimum Gasteiger partial charge on any atom is -0.491 e. The van der Waals surface area contributed by atoms with Gasteiger partial charge in [0.25, 0.3) is 10.0 Å². The number of rotatable bonds is 5. The first kappa shape index (κ1) is 19.3. The van der Waals surface area contributed by atoms with Gasteiger partial charge < -0.3 is 19.2 Å². The van der Waals surface area contributed by atoms with Gasteiger partial charge in [-0.2, -0.15) is 8.42 Å². The summed E-state index contributed by atoms with van der Waals surface area (Å²) >= 11 is 0. The molecule has 9 nitrogen and oxygen atoms in total. The maximum atomic E-state index is 12.5. The molecule has 0 unspecified atom stereocenters. The van der Waals surface area contributed by atoms with E-state index in [0.717, 1.165) is 54.7 Å². The van der Waals surface area contributed by atoms with Crippen LogP contribution in [0.2, 0.25) is 0 Å². The van der Waals surface area contributed by atoms with Gasteiger partial charge in [-0.25, -0.2) is 14.3 Å². The molecule has 2 N–H and O–H groups in total. The van der Waals surface area contributed by atoms with Crippen LogP contribution in [0.3, 0.4) is 0 Å². The standard InChI is InChI=1S/C19H20N2O7S/c1-2-26-18(22)13-9-15(28-10-13)29(24,25)21-19(23)20-16-14-5-3-4-11(14)8-12-6-7-27-17(12)16/h8-10H,2-7H2,1H3,(H2,20,21,23). The molecule has 0 fully saturated rings. The van der Waals surface area contributed by atoms with Crippen molar-refractivity contribution < 1.29 is 31.9 Å². The van der Waals surface area contributed by atoms with Crippen LogP contribution in [0.4, 0.5) is 10.5 Å². The highest BCUT2D eigenvalue weighted by Gasteiger charge is 2.29.